The van der Waals surface area contributed by atoms with E-state index in [4.69, 9.17) is 16.7 Å². The van der Waals surface area contributed by atoms with Gasteiger partial charge in [0.05, 0.1) is 5.56 Å². The summed E-state index contributed by atoms with van der Waals surface area (Å²) in [6.45, 7) is 0.369. The Balaban J connectivity index is 2.17. The minimum Gasteiger partial charge on any atom is -0.478 e. The van der Waals surface area contributed by atoms with E-state index in [0.717, 1.165) is 11.6 Å². The summed E-state index contributed by atoms with van der Waals surface area (Å²) < 4.78 is 13.6. The first-order valence-electron chi connectivity index (χ1n) is 5.45. The first kappa shape index (κ1) is 13.3. The molecule has 0 aliphatic carbocycles. The van der Waals surface area contributed by atoms with Crippen molar-refractivity contribution in [3.05, 3.63) is 58.5 Å². The van der Waals surface area contributed by atoms with Crippen molar-refractivity contribution < 1.29 is 14.3 Å². The topological polar surface area (TPSA) is 62.2 Å². The lowest BCUT2D eigenvalue weighted by Crippen LogP contribution is -2.07. The van der Waals surface area contributed by atoms with Gasteiger partial charge in [0.1, 0.15) is 5.15 Å². The van der Waals surface area contributed by atoms with Crippen molar-refractivity contribution in [1.82, 2.24) is 4.98 Å². The molecule has 0 atom stereocenters. The van der Waals surface area contributed by atoms with Gasteiger partial charge in [0, 0.05) is 6.54 Å². The molecule has 98 valence electrons. The Bertz CT molecular complexity index is 605. The third-order valence-corrected chi connectivity index (χ3v) is 2.75. The predicted octanol–water partition coefficient (Wildman–Crippen LogP) is 3.18. The van der Waals surface area contributed by atoms with Gasteiger partial charge >= 0.3 is 5.97 Å². The molecule has 0 spiro atoms. The second-order valence-electron chi connectivity index (χ2n) is 3.80. The van der Waals surface area contributed by atoms with Crippen LogP contribution >= 0.6 is 11.6 Å². The minimum absolute atomic E-state index is 0.0705. The third kappa shape index (κ3) is 3.20. The zero-order valence-electron chi connectivity index (χ0n) is 9.73. The molecule has 19 heavy (non-hydrogen) atoms. The fraction of sp³-hybridized carbons (Fsp3) is 0.0769. The largest absolute Gasteiger partial charge is 0.478 e. The van der Waals surface area contributed by atoms with Gasteiger partial charge in [-0.1, -0.05) is 41.9 Å². The molecule has 6 heteroatoms. The van der Waals surface area contributed by atoms with E-state index >= 15 is 0 Å². The van der Waals surface area contributed by atoms with Crippen LogP contribution in [0.5, 0.6) is 0 Å². The van der Waals surface area contributed by atoms with Gasteiger partial charge in [0.25, 0.3) is 0 Å². The molecular weight excluding hydrogens is 271 g/mol. The lowest BCUT2D eigenvalue weighted by molar-refractivity contribution is 0.0696. The molecule has 0 saturated heterocycles. The summed E-state index contributed by atoms with van der Waals surface area (Å²) in [6.07, 6.45) is 0. The highest BCUT2D eigenvalue weighted by Gasteiger charge is 2.15. The van der Waals surface area contributed by atoms with E-state index in [1.807, 2.05) is 30.3 Å². The number of hydrogen-bond acceptors (Lipinski definition) is 3. The van der Waals surface area contributed by atoms with Crippen LogP contribution in [0, 0.1) is 5.82 Å². The lowest BCUT2D eigenvalue weighted by atomic mass is 10.2. The lowest BCUT2D eigenvalue weighted by Gasteiger charge is -2.08. The van der Waals surface area contributed by atoms with E-state index in [1.54, 1.807) is 0 Å². The number of aromatic nitrogens is 1. The second kappa shape index (κ2) is 5.67. The predicted molar refractivity (Wildman–Crippen MR) is 69.9 cm³/mol. The van der Waals surface area contributed by atoms with Gasteiger partial charge in [0.15, 0.2) is 11.6 Å². The number of halogens is 2. The summed E-state index contributed by atoms with van der Waals surface area (Å²) >= 11 is 5.68. The first-order valence-corrected chi connectivity index (χ1v) is 5.83. The van der Waals surface area contributed by atoms with Gasteiger partial charge in [-0.25, -0.2) is 14.2 Å². The highest BCUT2D eigenvalue weighted by molar-refractivity contribution is 6.32. The number of anilines is 1. The number of carbonyl (C=O) groups is 1. The highest BCUT2D eigenvalue weighted by atomic mass is 35.5. The fourth-order valence-electron chi connectivity index (χ4n) is 1.52. The molecule has 0 unspecified atom stereocenters. The molecule has 1 aromatic carbocycles. The Morgan fingerprint density at radius 2 is 2.05 bits per heavy atom. The van der Waals surface area contributed by atoms with E-state index < -0.39 is 11.8 Å². The maximum absolute atomic E-state index is 13.6. The first-order chi connectivity index (χ1) is 9.08. The Morgan fingerprint density at radius 1 is 1.37 bits per heavy atom. The molecule has 0 saturated carbocycles. The van der Waals surface area contributed by atoms with Crippen LogP contribution in [-0.4, -0.2) is 16.1 Å². The molecular formula is C13H10ClFN2O2. The Labute approximate surface area is 113 Å². The van der Waals surface area contributed by atoms with Crippen LogP contribution in [-0.2, 0) is 6.54 Å². The SMILES string of the molecule is O=C(O)c1cc(F)c(NCc2ccccc2)nc1Cl. The quantitative estimate of drug-likeness (QED) is 0.845. The van der Waals surface area contributed by atoms with Crippen LogP contribution in [0.2, 0.25) is 5.15 Å². The van der Waals surface area contributed by atoms with Crippen molar-refractivity contribution in [1.29, 1.82) is 0 Å². The molecule has 2 rings (SSSR count). The summed E-state index contributed by atoms with van der Waals surface area (Å²) in [4.78, 5) is 14.5. The average molecular weight is 281 g/mol. The van der Waals surface area contributed by atoms with Gasteiger partial charge < -0.3 is 10.4 Å². The van der Waals surface area contributed by atoms with Crippen molar-refractivity contribution in [2.45, 2.75) is 6.54 Å². The van der Waals surface area contributed by atoms with Crippen molar-refractivity contribution in [2.24, 2.45) is 0 Å². The summed E-state index contributed by atoms with van der Waals surface area (Å²) in [5, 5.41) is 11.3. The summed E-state index contributed by atoms with van der Waals surface area (Å²) in [6, 6.07) is 10.2. The maximum Gasteiger partial charge on any atom is 0.338 e. The van der Waals surface area contributed by atoms with Crippen molar-refractivity contribution in [2.75, 3.05) is 5.32 Å². The average Bonchev–Trinajstić information content (AvgIpc) is 2.40. The highest BCUT2D eigenvalue weighted by Crippen LogP contribution is 2.20. The Morgan fingerprint density at radius 3 is 2.68 bits per heavy atom. The van der Waals surface area contributed by atoms with Crippen LogP contribution in [0.15, 0.2) is 36.4 Å². The normalized spacial score (nSPS) is 10.2. The zero-order valence-corrected chi connectivity index (χ0v) is 10.5. The van der Waals surface area contributed by atoms with Crippen LogP contribution in [0.3, 0.4) is 0 Å². The fourth-order valence-corrected chi connectivity index (χ4v) is 1.74. The molecule has 0 aliphatic rings. The van der Waals surface area contributed by atoms with Gasteiger partial charge in [-0.15, -0.1) is 0 Å². The molecule has 4 nitrogen and oxygen atoms in total. The Kier molecular flexibility index (Phi) is 3.97. The summed E-state index contributed by atoms with van der Waals surface area (Å²) in [7, 11) is 0. The number of carboxylic acids is 1. The summed E-state index contributed by atoms with van der Waals surface area (Å²) in [5.74, 6) is -2.14. The molecule has 1 aromatic heterocycles. The molecule has 0 radical (unpaired) electrons. The molecule has 0 fully saturated rings. The molecule has 2 aromatic rings. The number of carboxylic acid groups (broad SMARTS) is 1. The number of hydrogen-bond donors (Lipinski definition) is 2. The van der Waals surface area contributed by atoms with Gasteiger partial charge in [-0.2, -0.15) is 0 Å². The maximum atomic E-state index is 13.6. The molecule has 0 bridgehead atoms. The Hall–Kier alpha value is -2.14. The van der Waals surface area contributed by atoms with E-state index in [2.05, 4.69) is 10.3 Å². The number of benzene rings is 1. The van der Waals surface area contributed by atoms with E-state index in [9.17, 15) is 9.18 Å². The molecule has 1 heterocycles. The van der Waals surface area contributed by atoms with Crippen LogP contribution in [0.25, 0.3) is 0 Å². The van der Waals surface area contributed by atoms with Crippen molar-refractivity contribution in [3.63, 3.8) is 0 Å². The number of aromatic carboxylic acids is 1. The second-order valence-corrected chi connectivity index (χ2v) is 4.16. The number of pyridine rings is 1. The van der Waals surface area contributed by atoms with Gasteiger partial charge in [0.2, 0.25) is 0 Å². The van der Waals surface area contributed by atoms with Crippen molar-refractivity contribution in [3.8, 4) is 0 Å². The number of nitrogens with zero attached hydrogens (tertiary/aromatic N) is 1. The molecule has 0 aliphatic heterocycles. The summed E-state index contributed by atoms with van der Waals surface area (Å²) in [5.41, 5.74) is 0.589. The van der Waals surface area contributed by atoms with E-state index in [0.29, 0.717) is 6.54 Å². The van der Waals surface area contributed by atoms with Crippen molar-refractivity contribution >= 4 is 23.4 Å². The number of rotatable bonds is 4. The molecule has 0 amide bonds. The third-order valence-electron chi connectivity index (χ3n) is 2.46. The van der Waals surface area contributed by atoms with E-state index in [-0.39, 0.29) is 16.5 Å². The molecule has 2 N–H and O–H groups in total. The van der Waals surface area contributed by atoms with Crippen LogP contribution in [0.1, 0.15) is 15.9 Å². The number of nitrogens with one attached hydrogen (secondary N) is 1. The van der Waals surface area contributed by atoms with Gasteiger partial charge in [-0.05, 0) is 11.6 Å². The monoisotopic (exact) mass is 280 g/mol. The van der Waals surface area contributed by atoms with Crippen LogP contribution < -0.4 is 5.32 Å². The van der Waals surface area contributed by atoms with Crippen LogP contribution in [0.4, 0.5) is 10.2 Å². The zero-order chi connectivity index (χ0) is 13.8. The minimum atomic E-state index is -1.31. The van der Waals surface area contributed by atoms with E-state index in [1.165, 1.54) is 0 Å². The smallest absolute Gasteiger partial charge is 0.338 e. The van der Waals surface area contributed by atoms with Gasteiger partial charge in [-0.3, -0.25) is 0 Å². The standard InChI is InChI=1S/C13H10ClFN2O2/c14-11-9(13(18)19)6-10(15)12(17-11)16-7-8-4-2-1-3-5-8/h1-6H,7H2,(H,16,17)(H,18,19).